The lowest BCUT2D eigenvalue weighted by atomic mass is 10.1. The molecule has 0 aliphatic heterocycles. The van der Waals surface area contributed by atoms with Crippen molar-refractivity contribution < 1.29 is 3.79 Å². The molecule has 84 valence electrons. The van der Waals surface area contributed by atoms with Crippen LogP contribution in [0.3, 0.4) is 0 Å². The molecule has 0 aliphatic rings. The van der Waals surface area contributed by atoms with E-state index < -0.39 is 0 Å². The quantitative estimate of drug-likeness (QED) is 0.378. The van der Waals surface area contributed by atoms with Crippen LogP contribution in [0.1, 0.15) is 71.1 Å². The van der Waals surface area contributed by atoms with Gasteiger partial charge in [-0.05, 0) is 6.42 Å². The van der Waals surface area contributed by atoms with Gasteiger partial charge in [-0.25, -0.2) is 0 Å². The van der Waals surface area contributed by atoms with E-state index in [1.54, 1.807) is 0 Å². The molecule has 0 heterocycles. The van der Waals surface area contributed by atoms with Gasteiger partial charge in [-0.1, -0.05) is 64.7 Å². The predicted molar refractivity (Wildman–Crippen MR) is 66.3 cm³/mol. The van der Waals surface area contributed by atoms with Gasteiger partial charge in [-0.3, -0.25) is 0 Å². The molecule has 14 heavy (non-hydrogen) atoms. The highest BCUT2D eigenvalue weighted by Crippen LogP contribution is 2.10. The fourth-order valence-corrected chi connectivity index (χ4v) is 2.02. The lowest BCUT2D eigenvalue weighted by Crippen LogP contribution is -1.89. The van der Waals surface area contributed by atoms with Crippen LogP contribution < -0.4 is 0 Å². The van der Waals surface area contributed by atoms with E-state index in [1.807, 2.05) is 0 Å². The van der Waals surface area contributed by atoms with Crippen molar-refractivity contribution in [3.63, 3.8) is 0 Å². The molecule has 0 spiro atoms. The van der Waals surface area contributed by atoms with Gasteiger partial charge in [0.15, 0.2) is 0 Å². The Morgan fingerprint density at radius 2 is 1.14 bits per heavy atom. The summed E-state index contributed by atoms with van der Waals surface area (Å²) in [5.74, 6) is 0. The lowest BCUT2D eigenvalue weighted by Gasteiger charge is -2.02. The van der Waals surface area contributed by atoms with E-state index in [9.17, 15) is 0 Å². The zero-order valence-electron chi connectivity index (χ0n) is 10.2. The van der Waals surface area contributed by atoms with Gasteiger partial charge in [0.1, 0.15) is 0 Å². The summed E-state index contributed by atoms with van der Waals surface area (Å²) in [7, 11) is 0. The minimum absolute atomic E-state index is 0.910. The highest BCUT2D eigenvalue weighted by atomic mass is 27.1. The normalized spacial score (nSPS) is 10.6. The van der Waals surface area contributed by atoms with Crippen LogP contribution in [0.25, 0.3) is 0 Å². The topological polar surface area (TPSA) is 9.23 Å². The van der Waals surface area contributed by atoms with E-state index in [-0.39, 0.29) is 0 Å². The van der Waals surface area contributed by atoms with Crippen molar-refractivity contribution in [2.75, 3.05) is 6.61 Å². The fourth-order valence-electron chi connectivity index (χ4n) is 1.73. The highest BCUT2D eigenvalue weighted by Gasteiger charge is 1.91. The molecule has 0 rings (SSSR count). The molecule has 0 bridgehead atoms. The molecule has 0 aromatic carbocycles. The van der Waals surface area contributed by atoms with E-state index in [0.717, 1.165) is 23.2 Å². The molecule has 0 radical (unpaired) electrons. The van der Waals surface area contributed by atoms with Crippen LogP contribution in [0.15, 0.2) is 0 Å². The second-order valence-electron chi connectivity index (χ2n) is 4.17. The van der Waals surface area contributed by atoms with Crippen LogP contribution >= 0.6 is 0 Å². The second kappa shape index (κ2) is 13.5. The first-order valence-electron chi connectivity index (χ1n) is 6.40. The average Bonchev–Trinajstić information content (AvgIpc) is 2.21. The molecule has 1 nitrogen and oxygen atoms in total. The third kappa shape index (κ3) is 12.5. The summed E-state index contributed by atoms with van der Waals surface area (Å²) in [6, 6.07) is 0. The third-order valence-corrected chi connectivity index (χ3v) is 3.11. The summed E-state index contributed by atoms with van der Waals surface area (Å²) in [4.78, 5) is 0. The van der Waals surface area contributed by atoms with Crippen LogP contribution in [0, 0.1) is 0 Å². The molecule has 0 amide bonds. The smallest absolute Gasteiger partial charge is 0.410 e. The molecule has 0 aromatic heterocycles. The maximum Gasteiger partial charge on any atom is 0.410 e. The van der Waals surface area contributed by atoms with Crippen molar-refractivity contribution in [2.45, 2.75) is 71.1 Å². The number of hydrogen-bond donors (Lipinski definition) is 0. The molecule has 2 heteroatoms. The average molecular weight is 214 g/mol. The zero-order chi connectivity index (χ0) is 10.5. The number of rotatable bonds is 11. The van der Waals surface area contributed by atoms with Crippen molar-refractivity contribution in [3.8, 4) is 0 Å². The van der Waals surface area contributed by atoms with Gasteiger partial charge >= 0.3 is 16.6 Å². The van der Waals surface area contributed by atoms with E-state index in [2.05, 4.69) is 6.92 Å². The maximum atomic E-state index is 5.15. The van der Waals surface area contributed by atoms with Gasteiger partial charge in [-0.2, -0.15) is 0 Å². The molecular weight excluding hydrogens is 187 g/mol. The Labute approximate surface area is 98.4 Å². The first kappa shape index (κ1) is 14.5. The number of unbranched alkanes of at least 4 members (excludes halogenated alkanes) is 9. The Hall–Kier alpha value is 0.492. The molecular formula is C12H27AlO. The van der Waals surface area contributed by atoms with Gasteiger partial charge in [0, 0.05) is 6.61 Å². The highest BCUT2D eigenvalue weighted by molar-refractivity contribution is 5.97. The van der Waals surface area contributed by atoms with Crippen LogP contribution in [0.2, 0.25) is 0 Å². The van der Waals surface area contributed by atoms with Crippen molar-refractivity contribution >= 4 is 16.6 Å². The Kier molecular flexibility index (Phi) is 14.0. The second-order valence-corrected chi connectivity index (χ2v) is 4.75. The van der Waals surface area contributed by atoms with Gasteiger partial charge in [0.2, 0.25) is 0 Å². The van der Waals surface area contributed by atoms with Gasteiger partial charge in [0.05, 0.1) is 0 Å². The lowest BCUT2D eigenvalue weighted by molar-refractivity contribution is 0.332. The van der Waals surface area contributed by atoms with E-state index in [0.29, 0.717) is 0 Å². The van der Waals surface area contributed by atoms with Gasteiger partial charge in [-0.15, -0.1) is 0 Å². The molecule has 0 unspecified atom stereocenters. The van der Waals surface area contributed by atoms with Crippen molar-refractivity contribution in [3.05, 3.63) is 0 Å². The Morgan fingerprint density at radius 1 is 0.714 bits per heavy atom. The van der Waals surface area contributed by atoms with Crippen LogP contribution in [0.5, 0.6) is 0 Å². The summed E-state index contributed by atoms with van der Waals surface area (Å²) in [6.45, 7) is 3.28. The summed E-state index contributed by atoms with van der Waals surface area (Å²) in [5.41, 5.74) is 0. The van der Waals surface area contributed by atoms with E-state index >= 15 is 0 Å². The summed E-state index contributed by atoms with van der Waals surface area (Å²) < 4.78 is 5.15. The van der Waals surface area contributed by atoms with Crippen LogP contribution in [-0.4, -0.2) is 23.2 Å². The van der Waals surface area contributed by atoms with Crippen molar-refractivity contribution in [2.24, 2.45) is 0 Å². The van der Waals surface area contributed by atoms with Crippen molar-refractivity contribution in [1.29, 1.82) is 0 Å². The Bertz CT molecular complexity index is 84.3. The zero-order valence-corrected chi connectivity index (χ0v) is 12.2. The van der Waals surface area contributed by atoms with Gasteiger partial charge in [0.25, 0.3) is 0 Å². The monoisotopic (exact) mass is 214 g/mol. The molecule has 0 saturated heterocycles. The molecule has 0 aromatic rings. The molecule has 0 fully saturated rings. The third-order valence-electron chi connectivity index (χ3n) is 2.70. The minimum atomic E-state index is 0.910. The predicted octanol–water partition coefficient (Wildman–Crippen LogP) is 3.47. The SMILES string of the molecule is CCCCCCCCCCCC[O][AlH2]. The summed E-state index contributed by atoms with van der Waals surface area (Å²) >= 11 is 0.910. The Morgan fingerprint density at radius 3 is 1.57 bits per heavy atom. The molecule has 0 saturated carbocycles. The van der Waals surface area contributed by atoms with E-state index in [4.69, 9.17) is 3.79 Å². The fraction of sp³-hybridized carbons (Fsp3) is 1.00. The summed E-state index contributed by atoms with van der Waals surface area (Å²) in [5, 5.41) is 0. The van der Waals surface area contributed by atoms with Gasteiger partial charge < -0.3 is 3.79 Å². The standard InChI is InChI=1S/C12H25O.Al.2H/c1-2-3-4-5-6-7-8-9-10-11-12-13;;;/h2-12H2,1H3;;;/q-1;+1;;. The molecule has 0 atom stereocenters. The minimum Gasteiger partial charge on any atom is -0.506 e. The number of hydrogen-bond acceptors (Lipinski definition) is 1. The summed E-state index contributed by atoms with van der Waals surface area (Å²) in [6.07, 6.45) is 14.1. The van der Waals surface area contributed by atoms with Crippen LogP contribution in [-0.2, 0) is 3.79 Å². The van der Waals surface area contributed by atoms with Crippen molar-refractivity contribution in [1.82, 2.24) is 0 Å². The Balaban J connectivity index is 2.78. The first-order chi connectivity index (χ1) is 6.91. The maximum absolute atomic E-state index is 5.15. The molecule has 0 N–H and O–H groups in total. The van der Waals surface area contributed by atoms with Crippen LogP contribution in [0.4, 0.5) is 0 Å². The van der Waals surface area contributed by atoms with E-state index in [1.165, 1.54) is 64.2 Å². The first-order valence-corrected chi connectivity index (χ1v) is 7.22. The molecule has 0 aliphatic carbocycles. The largest absolute Gasteiger partial charge is 0.506 e.